The van der Waals surface area contributed by atoms with Crippen LogP contribution in [0, 0.1) is 5.92 Å². The van der Waals surface area contributed by atoms with Crippen LogP contribution in [0.25, 0.3) is 0 Å². The van der Waals surface area contributed by atoms with E-state index in [1.54, 1.807) is 0 Å². The average molecular weight is 375 g/mol. The second-order valence-electron chi connectivity index (χ2n) is 5.40. The highest BCUT2D eigenvalue weighted by molar-refractivity contribution is 8.14. The molecule has 1 saturated heterocycles. The maximum Gasteiger partial charge on any atom is 0.466 e. The van der Waals surface area contributed by atoms with Gasteiger partial charge in [-0.2, -0.15) is 8.42 Å². The van der Waals surface area contributed by atoms with Crippen molar-refractivity contribution in [1.29, 1.82) is 0 Å². The monoisotopic (exact) mass is 375 g/mol. The molecule has 0 saturated carbocycles. The molecule has 5 atom stereocenters. The highest BCUT2D eigenvalue weighted by Gasteiger charge is 2.44. The topological polar surface area (TPSA) is 166 Å². The Labute approximate surface area is 138 Å². The van der Waals surface area contributed by atoms with Gasteiger partial charge in [-0.05, 0) is 5.92 Å². The summed E-state index contributed by atoms with van der Waals surface area (Å²) >= 11 is 0.763. The lowest BCUT2D eigenvalue weighted by molar-refractivity contribution is -0.205. The van der Waals surface area contributed by atoms with Crippen molar-refractivity contribution in [3.8, 4) is 0 Å². The Bertz CT molecular complexity index is 508. The van der Waals surface area contributed by atoms with Gasteiger partial charge < -0.3 is 25.2 Å². The number of oxime groups is 1. The normalized spacial score (nSPS) is 33.0. The van der Waals surface area contributed by atoms with E-state index in [1.165, 1.54) is 0 Å². The highest BCUT2D eigenvalue weighted by atomic mass is 32.3. The molecule has 0 radical (unpaired) electrons. The van der Waals surface area contributed by atoms with E-state index in [0.29, 0.717) is 0 Å². The fourth-order valence-corrected chi connectivity index (χ4v) is 3.35. The first-order valence-electron chi connectivity index (χ1n) is 6.75. The molecule has 0 aromatic carbocycles. The van der Waals surface area contributed by atoms with E-state index in [0.717, 1.165) is 11.8 Å². The molecule has 0 spiro atoms. The standard InChI is InChI=1S/C11H21NO9S2/c1-5(2)3-7(12-21-23(17,18)19)22-11-10(16)9(15)8(14)6(4-13)20-11/h5-6,8-11,13-16H,3-4H2,1-2H3,(H,17,18,19). The van der Waals surface area contributed by atoms with Gasteiger partial charge in [0.05, 0.1) is 6.61 Å². The second-order valence-corrected chi connectivity index (χ2v) is 7.58. The predicted molar refractivity (Wildman–Crippen MR) is 80.9 cm³/mol. The lowest BCUT2D eigenvalue weighted by atomic mass is 10.0. The van der Waals surface area contributed by atoms with E-state index in [-0.39, 0.29) is 17.4 Å². The van der Waals surface area contributed by atoms with Crippen molar-refractivity contribution in [3.63, 3.8) is 0 Å². The summed E-state index contributed by atoms with van der Waals surface area (Å²) in [6.07, 6.45) is -5.39. The van der Waals surface area contributed by atoms with Crippen LogP contribution in [0.5, 0.6) is 0 Å². The van der Waals surface area contributed by atoms with Crippen molar-refractivity contribution in [2.75, 3.05) is 6.61 Å². The Morgan fingerprint density at radius 3 is 2.35 bits per heavy atom. The number of nitrogens with zero attached hydrogens (tertiary/aromatic N) is 1. The van der Waals surface area contributed by atoms with Crippen molar-refractivity contribution < 1.29 is 42.4 Å². The molecule has 1 heterocycles. The van der Waals surface area contributed by atoms with E-state index in [1.807, 2.05) is 13.8 Å². The highest BCUT2D eigenvalue weighted by Crippen LogP contribution is 2.31. The fourth-order valence-electron chi connectivity index (χ4n) is 1.84. The van der Waals surface area contributed by atoms with Crippen LogP contribution in [0.3, 0.4) is 0 Å². The summed E-state index contributed by atoms with van der Waals surface area (Å²) in [6, 6.07) is 0. The molecule has 23 heavy (non-hydrogen) atoms. The minimum atomic E-state index is -4.78. The van der Waals surface area contributed by atoms with Crippen LogP contribution < -0.4 is 0 Å². The molecule has 12 heteroatoms. The van der Waals surface area contributed by atoms with Gasteiger partial charge in [-0.3, -0.25) is 4.55 Å². The molecule has 0 aliphatic carbocycles. The first-order chi connectivity index (χ1) is 10.5. The molecule has 0 bridgehead atoms. The van der Waals surface area contributed by atoms with Crippen molar-refractivity contribution in [3.05, 3.63) is 0 Å². The van der Waals surface area contributed by atoms with Crippen LogP contribution in [-0.2, 0) is 19.4 Å². The summed E-state index contributed by atoms with van der Waals surface area (Å²) in [7, 11) is -4.78. The summed E-state index contributed by atoms with van der Waals surface area (Å²) < 4.78 is 39.0. The summed E-state index contributed by atoms with van der Waals surface area (Å²) in [5.41, 5.74) is -1.12. The van der Waals surface area contributed by atoms with Crippen molar-refractivity contribution >= 4 is 27.2 Å². The minimum Gasteiger partial charge on any atom is -0.394 e. The van der Waals surface area contributed by atoms with Crippen LogP contribution >= 0.6 is 11.8 Å². The molecule has 1 aliphatic heterocycles. The molecular formula is C11H21NO9S2. The lowest BCUT2D eigenvalue weighted by Crippen LogP contribution is -2.57. The number of hydrogen-bond acceptors (Lipinski definition) is 10. The van der Waals surface area contributed by atoms with E-state index < -0.39 is 46.9 Å². The summed E-state index contributed by atoms with van der Waals surface area (Å²) in [5.74, 6) is 0.0381. The Morgan fingerprint density at radius 1 is 1.26 bits per heavy atom. The van der Waals surface area contributed by atoms with Crippen LogP contribution in [-0.4, -0.2) is 74.9 Å². The molecular weight excluding hydrogens is 354 g/mol. The second kappa shape index (κ2) is 8.58. The van der Waals surface area contributed by atoms with Gasteiger partial charge in [0.25, 0.3) is 0 Å². The van der Waals surface area contributed by atoms with Gasteiger partial charge in [0.15, 0.2) is 0 Å². The van der Waals surface area contributed by atoms with Crippen molar-refractivity contribution in [2.45, 2.75) is 50.1 Å². The Hall–Kier alpha value is -0.470. The van der Waals surface area contributed by atoms with Gasteiger partial charge in [0, 0.05) is 6.42 Å². The predicted octanol–water partition coefficient (Wildman–Crippen LogP) is -1.30. The molecule has 5 N–H and O–H groups in total. The van der Waals surface area contributed by atoms with Gasteiger partial charge >= 0.3 is 10.4 Å². The number of hydrogen-bond donors (Lipinski definition) is 5. The van der Waals surface area contributed by atoms with E-state index >= 15 is 0 Å². The number of thioether (sulfide) groups is 1. The lowest BCUT2D eigenvalue weighted by Gasteiger charge is -2.39. The number of rotatable bonds is 6. The average Bonchev–Trinajstić information content (AvgIpc) is 2.44. The van der Waals surface area contributed by atoms with Crippen LogP contribution in [0.15, 0.2) is 5.16 Å². The Balaban J connectivity index is 2.88. The first-order valence-corrected chi connectivity index (χ1v) is 8.99. The minimum absolute atomic E-state index is 0.0381. The SMILES string of the molecule is CC(C)CC(=NOS(=O)(=O)O)SC1OC(CO)C(O)C(O)C1O. The van der Waals surface area contributed by atoms with Gasteiger partial charge in [0.2, 0.25) is 0 Å². The van der Waals surface area contributed by atoms with Crippen molar-refractivity contribution in [2.24, 2.45) is 11.1 Å². The number of aliphatic hydroxyl groups excluding tert-OH is 4. The van der Waals surface area contributed by atoms with Crippen LogP contribution in [0.2, 0.25) is 0 Å². The molecule has 1 aliphatic rings. The molecule has 136 valence electrons. The zero-order chi connectivity index (χ0) is 17.8. The van der Waals surface area contributed by atoms with Crippen LogP contribution in [0.1, 0.15) is 20.3 Å². The van der Waals surface area contributed by atoms with Gasteiger partial charge in [-0.15, -0.1) is 0 Å². The molecule has 0 aromatic heterocycles. The summed E-state index contributed by atoms with van der Waals surface area (Å²) in [5, 5.41) is 41.8. The van der Waals surface area contributed by atoms with Gasteiger partial charge in [-0.25, -0.2) is 4.28 Å². The summed E-state index contributed by atoms with van der Waals surface area (Å²) in [6.45, 7) is 3.05. The Morgan fingerprint density at radius 2 is 1.87 bits per heavy atom. The molecule has 10 nitrogen and oxygen atoms in total. The van der Waals surface area contributed by atoms with Crippen LogP contribution in [0.4, 0.5) is 0 Å². The third-order valence-corrected chi connectivity index (χ3v) is 4.32. The maximum absolute atomic E-state index is 10.6. The third-order valence-electron chi connectivity index (χ3n) is 2.92. The zero-order valence-corrected chi connectivity index (χ0v) is 14.1. The summed E-state index contributed by atoms with van der Waals surface area (Å²) in [4.78, 5) is 0. The molecule has 5 unspecified atom stereocenters. The molecule has 0 aromatic rings. The number of aliphatic hydroxyl groups is 4. The smallest absolute Gasteiger partial charge is 0.394 e. The number of ether oxygens (including phenoxy) is 1. The van der Waals surface area contributed by atoms with Gasteiger partial charge in [0.1, 0.15) is 34.9 Å². The van der Waals surface area contributed by atoms with E-state index in [2.05, 4.69) is 9.44 Å². The molecule has 1 rings (SSSR count). The zero-order valence-electron chi connectivity index (χ0n) is 12.5. The first kappa shape index (κ1) is 20.6. The Kier molecular flexibility index (Phi) is 7.67. The maximum atomic E-state index is 10.6. The van der Waals surface area contributed by atoms with E-state index in [4.69, 9.17) is 14.4 Å². The quantitative estimate of drug-likeness (QED) is 0.163. The third kappa shape index (κ3) is 6.51. The molecule has 1 fully saturated rings. The van der Waals surface area contributed by atoms with Crippen molar-refractivity contribution in [1.82, 2.24) is 0 Å². The van der Waals surface area contributed by atoms with E-state index in [9.17, 15) is 23.7 Å². The molecule has 0 amide bonds. The largest absolute Gasteiger partial charge is 0.466 e. The van der Waals surface area contributed by atoms with Gasteiger partial charge in [-0.1, -0.05) is 30.8 Å². The fraction of sp³-hybridized carbons (Fsp3) is 0.909.